The lowest BCUT2D eigenvalue weighted by molar-refractivity contribution is -0.220. The summed E-state index contributed by atoms with van der Waals surface area (Å²) >= 11 is 0. The minimum Gasteiger partial charge on any atom is -0.497 e. The van der Waals surface area contributed by atoms with Gasteiger partial charge in [0.25, 0.3) is 0 Å². The monoisotopic (exact) mass is 374 g/mol. The fourth-order valence-corrected chi connectivity index (χ4v) is 8.00. The van der Waals surface area contributed by atoms with Crippen LogP contribution in [0.4, 0.5) is 0 Å². The summed E-state index contributed by atoms with van der Waals surface area (Å²) in [6.07, 6.45) is 3.55. The third-order valence-corrected chi connectivity index (χ3v) is 9.32. The lowest BCUT2D eigenvalue weighted by atomic mass is 9.47. The van der Waals surface area contributed by atoms with Crippen molar-refractivity contribution in [1.29, 1.82) is 0 Å². The largest absolute Gasteiger partial charge is 0.497 e. The number of fused-ring (bicyclic) bond motifs is 3. The van der Waals surface area contributed by atoms with E-state index >= 15 is 0 Å². The number of benzene rings is 1. The van der Waals surface area contributed by atoms with E-state index in [9.17, 15) is 20.4 Å². The maximum absolute atomic E-state index is 11.5. The Bertz CT molecular complexity index is 795. The molecule has 0 spiro atoms. The molecule has 3 fully saturated rings. The molecule has 4 aliphatic rings. The second-order valence-electron chi connectivity index (χ2n) is 9.57. The van der Waals surface area contributed by atoms with Gasteiger partial charge in [0.1, 0.15) is 17.0 Å². The summed E-state index contributed by atoms with van der Waals surface area (Å²) in [5, 5.41) is 44.0. The molecule has 0 aromatic heterocycles. The Kier molecular flexibility index (Phi) is 3.49. The van der Waals surface area contributed by atoms with E-state index in [-0.39, 0.29) is 5.92 Å². The number of hydrogen-bond donors (Lipinski definition) is 4. The predicted octanol–water partition coefficient (Wildman–Crippen LogP) is 1.75. The van der Waals surface area contributed by atoms with Gasteiger partial charge in [-0.05, 0) is 73.6 Å². The zero-order valence-corrected chi connectivity index (χ0v) is 16.1. The van der Waals surface area contributed by atoms with Crippen LogP contribution < -0.4 is 4.74 Å². The first-order chi connectivity index (χ1) is 12.8. The van der Waals surface area contributed by atoms with Gasteiger partial charge in [0.15, 0.2) is 0 Å². The highest BCUT2D eigenvalue weighted by Crippen LogP contribution is 2.79. The molecule has 0 radical (unpaired) electrons. The van der Waals surface area contributed by atoms with Gasteiger partial charge in [-0.2, -0.15) is 0 Å². The number of aryl methyl sites for hydroxylation is 1. The van der Waals surface area contributed by atoms with Gasteiger partial charge in [0.05, 0.1) is 19.8 Å². The van der Waals surface area contributed by atoms with Crippen molar-refractivity contribution in [2.45, 2.75) is 68.7 Å². The molecule has 0 amide bonds. The molecule has 2 bridgehead atoms. The second-order valence-corrected chi connectivity index (χ2v) is 9.57. The molecule has 4 aliphatic carbocycles. The molecule has 0 saturated heterocycles. The molecule has 5 heteroatoms. The molecule has 1 aromatic carbocycles. The minimum absolute atomic E-state index is 0.196. The third kappa shape index (κ3) is 1.68. The average Bonchev–Trinajstić information content (AvgIpc) is 3.00. The fraction of sp³-hybridized carbons (Fsp3) is 0.727. The first-order valence-corrected chi connectivity index (χ1v) is 10.2. The van der Waals surface area contributed by atoms with E-state index in [4.69, 9.17) is 4.74 Å². The molecule has 0 unspecified atom stereocenters. The van der Waals surface area contributed by atoms with E-state index in [2.05, 4.69) is 12.1 Å². The highest BCUT2D eigenvalue weighted by atomic mass is 16.5. The van der Waals surface area contributed by atoms with E-state index in [1.807, 2.05) is 13.0 Å². The summed E-state index contributed by atoms with van der Waals surface area (Å²) in [5.41, 5.74) is -1.77. The first-order valence-electron chi connectivity index (χ1n) is 10.2. The highest BCUT2D eigenvalue weighted by Gasteiger charge is 2.85. The van der Waals surface area contributed by atoms with Gasteiger partial charge in [0, 0.05) is 10.8 Å². The van der Waals surface area contributed by atoms with Gasteiger partial charge in [-0.25, -0.2) is 0 Å². The minimum atomic E-state index is -1.84. The second kappa shape index (κ2) is 5.26. The molecule has 1 aromatic rings. The van der Waals surface area contributed by atoms with E-state index in [1.165, 1.54) is 11.1 Å². The van der Waals surface area contributed by atoms with Crippen LogP contribution in [0.15, 0.2) is 18.2 Å². The summed E-state index contributed by atoms with van der Waals surface area (Å²) in [6, 6.07) is 6.29. The van der Waals surface area contributed by atoms with Crippen molar-refractivity contribution in [3.63, 3.8) is 0 Å². The number of aliphatic hydroxyl groups excluding tert-OH is 2. The number of hydrogen-bond acceptors (Lipinski definition) is 5. The Labute approximate surface area is 160 Å². The van der Waals surface area contributed by atoms with Gasteiger partial charge in [-0.15, -0.1) is 0 Å². The van der Waals surface area contributed by atoms with Gasteiger partial charge in [0.2, 0.25) is 0 Å². The third-order valence-electron chi connectivity index (χ3n) is 9.32. The Balaban J connectivity index is 1.64. The van der Waals surface area contributed by atoms with E-state index in [1.54, 1.807) is 7.11 Å². The number of aliphatic hydroxyl groups is 4. The molecule has 5 nitrogen and oxygen atoms in total. The molecule has 148 valence electrons. The van der Waals surface area contributed by atoms with Crippen molar-refractivity contribution in [2.24, 2.45) is 16.7 Å². The molecular formula is C22H30O5. The van der Waals surface area contributed by atoms with Crippen molar-refractivity contribution < 1.29 is 25.2 Å². The molecule has 5 rings (SSSR count). The topological polar surface area (TPSA) is 90.2 Å². The summed E-state index contributed by atoms with van der Waals surface area (Å²) in [6.45, 7) is 1.43. The van der Waals surface area contributed by atoms with Crippen molar-refractivity contribution in [3.8, 4) is 5.75 Å². The van der Waals surface area contributed by atoms with Gasteiger partial charge in [-0.3, -0.25) is 0 Å². The lowest BCUT2D eigenvalue weighted by Gasteiger charge is -2.57. The standard InChI is InChI=1S/C22H30O5/c1-19-8-7-16-15-5-4-14(27-2)11-13(15)3-6-17(16)20(19)9-10-22(19,26)21(25,12-23)18(20)24/h4-5,11,16-18,23-26H,3,6-10,12H2,1-2H3/t16-,17-,18+,19+,20-,21+,22-/m1/s1. The zero-order valence-electron chi connectivity index (χ0n) is 16.1. The Morgan fingerprint density at radius 3 is 2.63 bits per heavy atom. The van der Waals surface area contributed by atoms with Crippen LogP contribution in [-0.4, -0.2) is 51.4 Å². The molecular weight excluding hydrogens is 344 g/mol. The summed E-state index contributed by atoms with van der Waals surface area (Å²) in [5.74, 6) is 1.38. The van der Waals surface area contributed by atoms with Gasteiger partial charge in [-0.1, -0.05) is 13.0 Å². The maximum Gasteiger partial charge on any atom is 0.143 e. The Morgan fingerprint density at radius 1 is 1.15 bits per heavy atom. The van der Waals surface area contributed by atoms with Crippen molar-refractivity contribution >= 4 is 0 Å². The molecule has 7 atom stereocenters. The quantitative estimate of drug-likeness (QED) is 0.633. The van der Waals surface area contributed by atoms with Crippen LogP contribution in [0.5, 0.6) is 5.75 Å². The van der Waals surface area contributed by atoms with Crippen LogP contribution in [0.1, 0.15) is 56.1 Å². The van der Waals surface area contributed by atoms with Gasteiger partial charge >= 0.3 is 0 Å². The summed E-state index contributed by atoms with van der Waals surface area (Å²) in [7, 11) is 1.68. The van der Waals surface area contributed by atoms with E-state index < -0.39 is 34.7 Å². The van der Waals surface area contributed by atoms with Crippen LogP contribution >= 0.6 is 0 Å². The molecule has 4 N–H and O–H groups in total. The van der Waals surface area contributed by atoms with E-state index in [0.717, 1.165) is 31.4 Å². The lowest BCUT2D eigenvalue weighted by Crippen LogP contribution is -2.63. The fourth-order valence-electron chi connectivity index (χ4n) is 8.00. The summed E-state index contributed by atoms with van der Waals surface area (Å²) < 4.78 is 5.39. The van der Waals surface area contributed by atoms with Crippen molar-refractivity contribution in [2.75, 3.05) is 13.7 Å². The smallest absolute Gasteiger partial charge is 0.143 e. The Morgan fingerprint density at radius 2 is 1.93 bits per heavy atom. The highest BCUT2D eigenvalue weighted by molar-refractivity contribution is 5.44. The molecule has 27 heavy (non-hydrogen) atoms. The normalized spacial score (nSPS) is 50.1. The van der Waals surface area contributed by atoms with Crippen LogP contribution in [0.25, 0.3) is 0 Å². The van der Waals surface area contributed by atoms with E-state index in [0.29, 0.717) is 18.8 Å². The maximum atomic E-state index is 11.5. The average molecular weight is 374 g/mol. The predicted molar refractivity (Wildman–Crippen MR) is 99.5 cm³/mol. The first kappa shape index (κ1) is 17.9. The molecule has 0 heterocycles. The van der Waals surface area contributed by atoms with Crippen LogP contribution in [0.3, 0.4) is 0 Å². The van der Waals surface area contributed by atoms with Gasteiger partial charge < -0.3 is 25.2 Å². The number of ether oxygens (including phenoxy) is 1. The van der Waals surface area contributed by atoms with Crippen LogP contribution in [0, 0.1) is 16.7 Å². The van der Waals surface area contributed by atoms with Crippen LogP contribution in [0.2, 0.25) is 0 Å². The van der Waals surface area contributed by atoms with Crippen LogP contribution in [-0.2, 0) is 6.42 Å². The zero-order chi connectivity index (χ0) is 19.2. The summed E-state index contributed by atoms with van der Waals surface area (Å²) in [4.78, 5) is 0. The van der Waals surface area contributed by atoms with Crippen molar-refractivity contribution in [3.05, 3.63) is 29.3 Å². The number of methoxy groups -OCH3 is 1. The molecule has 3 saturated carbocycles. The Hall–Kier alpha value is -1.14. The van der Waals surface area contributed by atoms with Crippen molar-refractivity contribution in [1.82, 2.24) is 0 Å². The SMILES string of the molecule is COc1ccc2c(c1)CC[C@@H]1[C@@H]2CC[C@@]2(C)[C@]13CC[C@]2(O)[C@](O)(CO)[C@H]3O. The molecule has 0 aliphatic heterocycles. The number of rotatable bonds is 2.